The molecule has 1 aliphatic rings. The largest absolute Gasteiger partial charge is 0.0844 e. The Morgan fingerprint density at radius 1 is 1.00 bits per heavy atom. The van der Waals surface area contributed by atoms with Crippen molar-refractivity contribution in [2.75, 3.05) is 0 Å². The first-order valence-electron chi connectivity index (χ1n) is 7.78. The Labute approximate surface area is 125 Å². The fraction of sp³-hybridized carbons (Fsp3) is 0.500. The van der Waals surface area contributed by atoms with Crippen LogP contribution in [0.4, 0.5) is 0 Å². The third-order valence-electron chi connectivity index (χ3n) is 3.40. The SMILES string of the molecule is CC(C)(C)c1ccccc1.CC(C)CC1=CCC=CC1. The zero-order chi connectivity index (χ0) is 15.0. The van der Waals surface area contributed by atoms with E-state index >= 15 is 0 Å². The van der Waals surface area contributed by atoms with Crippen molar-refractivity contribution in [2.45, 2.75) is 59.3 Å². The van der Waals surface area contributed by atoms with Gasteiger partial charge in [-0.2, -0.15) is 0 Å². The Balaban J connectivity index is 0.000000200. The second-order valence-electron chi connectivity index (χ2n) is 6.99. The van der Waals surface area contributed by atoms with Crippen LogP contribution < -0.4 is 0 Å². The molecule has 0 fully saturated rings. The summed E-state index contributed by atoms with van der Waals surface area (Å²) in [5.74, 6) is 0.817. The van der Waals surface area contributed by atoms with E-state index < -0.39 is 0 Å². The van der Waals surface area contributed by atoms with Gasteiger partial charge in [0.2, 0.25) is 0 Å². The molecule has 0 nitrogen and oxygen atoms in total. The second kappa shape index (κ2) is 8.09. The maximum atomic E-state index is 2.36. The molecule has 0 saturated carbocycles. The Bertz CT molecular complexity index is 427. The molecule has 2 rings (SSSR count). The molecule has 1 aliphatic carbocycles. The lowest BCUT2D eigenvalue weighted by atomic mass is 9.87. The smallest absolute Gasteiger partial charge is 0.0132 e. The first-order chi connectivity index (χ1) is 9.39. The summed E-state index contributed by atoms with van der Waals surface area (Å²) < 4.78 is 0. The highest BCUT2D eigenvalue weighted by Crippen LogP contribution is 2.20. The molecular formula is C20H30. The Morgan fingerprint density at radius 3 is 2.05 bits per heavy atom. The summed E-state index contributed by atoms with van der Waals surface area (Å²) in [6, 6.07) is 10.6. The summed E-state index contributed by atoms with van der Waals surface area (Å²) in [4.78, 5) is 0. The monoisotopic (exact) mass is 270 g/mol. The van der Waals surface area contributed by atoms with E-state index in [1.54, 1.807) is 5.57 Å². The summed E-state index contributed by atoms with van der Waals surface area (Å²) >= 11 is 0. The van der Waals surface area contributed by atoms with Gasteiger partial charge in [0.15, 0.2) is 0 Å². The van der Waals surface area contributed by atoms with Crippen LogP contribution in [0.25, 0.3) is 0 Å². The highest BCUT2D eigenvalue weighted by molar-refractivity contribution is 5.22. The minimum atomic E-state index is 0.293. The molecule has 110 valence electrons. The van der Waals surface area contributed by atoms with Crippen LogP contribution in [0, 0.1) is 5.92 Å². The molecule has 0 heteroatoms. The molecule has 0 atom stereocenters. The molecule has 0 heterocycles. The van der Waals surface area contributed by atoms with Gasteiger partial charge in [0, 0.05) is 0 Å². The molecule has 0 saturated heterocycles. The molecule has 0 aliphatic heterocycles. The molecule has 0 radical (unpaired) electrons. The maximum absolute atomic E-state index is 2.36. The molecule has 1 aromatic carbocycles. The van der Waals surface area contributed by atoms with Crippen molar-refractivity contribution in [3.05, 3.63) is 59.7 Å². The van der Waals surface area contributed by atoms with Crippen LogP contribution in [0.2, 0.25) is 0 Å². The number of rotatable bonds is 2. The van der Waals surface area contributed by atoms with Gasteiger partial charge < -0.3 is 0 Å². The maximum Gasteiger partial charge on any atom is -0.0132 e. The van der Waals surface area contributed by atoms with Gasteiger partial charge in [-0.3, -0.25) is 0 Å². The van der Waals surface area contributed by atoms with Crippen molar-refractivity contribution in [1.29, 1.82) is 0 Å². The highest BCUT2D eigenvalue weighted by Gasteiger charge is 2.11. The average Bonchev–Trinajstić information content (AvgIpc) is 2.40. The Morgan fingerprint density at radius 2 is 1.65 bits per heavy atom. The Hall–Kier alpha value is -1.30. The van der Waals surface area contributed by atoms with Crippen LogP contribution in [-0.4, -0.2) is 0 Å². The van der Waals surface area contributed by atoms with E-state index in [0.29, 0.717) is 5.41 Å². The Kier molecular flexibility index (Phi) is 6.78. The van der Waals surface area contributed by atoms with Crippen LogP contribution in [0.5, 0.6) is 0 Å². The first-order valence-corrected chi connectivity index (χ1v) is 7.78. The summed E-state index contributed by atoms with van der Waals surface area (Å²) in [6.07, 6.45) is 10.5. The molecule has 0 unspecified atom stereocenters. The van der Waals surface area contributed by atoms with Crippen molar-refractivity contribution in [3.8, 4) is 0 Å². The van der Waals surface area contributed by atoms with Crippen molar-refractivity contribution in [1.82, 2.24) is 0 Å². The lowest BCUT2D eigenvalue weighted by molar-refractivity contribution is 0.590. The van der Waals surface area contributed by atoms with Gasteiger partial charge >= 0.3 is 0 Å². The van der Waals surface area contributed by atoms with E-state index in [9.17, 15) is 0 Å². The van der Waals surface area contributed by atoms with E-state index in [1.807, 2.05) is 0 Å². The number of allylic oxidation sites excluding steroid dienone is 4. The highest BCUT2D eigenvalue weighted by atomic mass is 14.2. The number of benzene rings is 1. The topological polar surface area (TPSA) is 0 Å². The molecule has 20 heavy (non-hydrogen) atoms. The van der Waals surface area contributed by atoms with Crippen LogP contribution >= 0.6 is 0 Å². The van der Waals surface area contributed by atoms with E-state index in [0.717, 1.165) is 12.3 Å². The van der Waals surface area contributed by atoms with Crippen LogP contribution in [-0.2, 0) is 5.41 Å². The summed E-state index contributed by atoms with van der Waals surface area (Å²) in [5.41, 5.74) is 3.31. The minimum Gasteiger partial charge on any atom is -0.0844 e. The molecular weight excluding hydrogens is 240 g/mol. The van der Waals surface area contributed by atoms with Gasteiger partial charge in [0.1, 0.15) is 0 Å². The van der Waals surface area contributed by atoms with Gasteiger partial charge in [-0.15, -0.1) is 0 Å². The van der Waals surface area contributed by atoms with Crippen molar-refractivity contribution >= 4 is 0 Å². The molecule has 0 amide bonds. The predicted octanol–water partition coefficient (Wildman–Crippen LogP) is 6.29. The fourth-order valence-electron chi connectivity index (χ4n) is 2.28. The summed E-state index contributed by atoms with van der Waals surface area (Å²) in [5, 5.41) is 0. The lowest BCUT2D eigenvalue weighted by Crippen LogP contribution is -2.10. The summed E-state index contributed by atoms with van der Waals surface area (Å²) in [7, 11) is 0. The van der Waals surface area contributed by atoms with Gasteiger partial charge in [-0.1, -0.05) is 88.8 Å². The normalized spacial score (nSPS) is 14.6. The third-order valence-corrected chi connectivity index (χ3v) is 3.40. The zero-order valence-corrected chi connectivity index (χ0v) is 13.8. The van der Waals surface area contributed by atoms with Gasteiger partial charge in [0.25, 0.3) is 0 Å². The van der Waals surface area contributed by atoms with Gasteiger partial charge in [0.05, 0.1) is 0 Å². The molecule has 1 aromatic rings. The second-order valence-corrected chi connectivity index (χ2v) is 6.99. The number of hydrogen-bond donors (Lipinski definition) is 0. The fourth-order valence-corrected chi connectivity index (χ4v) is 2.28. The minimum absolute atomic E-state index is 0.293. The van der Waals surface area contributed by atoms with Gasteiger partial charge in [-0.05, 0) is 36.2 Å². The summed E-state index contributed by atoms with van der Waals surface area (Å²) in [6.45, 7) is 11.2. The predicted molar refractivity (Wildman–Crippen MR) is 91.1 cm³/mol. The zero-order valence-electron chi connectivity index (χ0n) is 13.8. The lowest BCUT2D eigenvalue weighted by Gasteiger charge is -2.18. The molecule has 0 aromatic heterocycles. The van der Waals surface area contributed by atoms with Crippen molar-refractivity contribution < 1.29 is 0 Å². The van der Waals surface area contributed by atoms with Crippen molar-refractivity contribution in [3.63, 3.8) is 0 Å². The van der Waals surface area contributed by atoms with Crippen molar-refractivity contribution in [2.24, 2.45) is 5.92 Å². The van der Waals surface area contributed by atoms with Crippen LogP contribution in [0.1, 0.15) is 59.4 Å². The third kappa shape index (κ3) is 6.75. The number of hydrogen-bond acceptors (Lipinski definition) is 0. The quantitative estimate of drug-likeness (QED) is 0.554. The molecule has 0 bridgehead atoms. The van der Waals surface area contributed by atoms with E-state index in [1.165, 1.54) is 18.4 Å². The van der Waals surface area contributed by atoms with E-state index in [2.05, 4.69) is 83.2 Å². The van der Waals surface area contributed by atoms with E-state index in [-0.39, 0.29) is 0 Å². The van der Waals surface area contributed by atoms with Crippen LogP contribution in [0.15, 0.2) is 54.1 Å². The standard InChI is InChI=1S/C10H14.C10H16/c1-10(2,3)9-7-5-4-6-8-9;1-9(2)8-10-6-4-3-5-7-10/h4-8H,1-3H3;3-4,7,9H,5-6,8H2,1-2H3. The molecule has 0 N–H and O–H groups in total. The van der Waals surface area contributed by atoms with Gasteiger partial charge in [-0.25, -0.2) is 0 Å². The average molecular weight is 270 g/mol. The van der Waals surface area contributed by atoms with E-state index in [4.69, 9.17) is 0 Å². The van der Waals surface area contributed by atoms with Crippen LogP contribution in [0.3, 0.4) is 0 Å². The molecule has 0 spiro atoms. The first kappa shape index (κ1) is 16.8.